The predicted octanol–water partition coefficient (Wildman–Crippen LogP) is 3.86. The summed E-state index contributed by atoms with van der Waals surface area (Å²) in [4.78, 5) is 16.1. The first-order valence-electron chi connectivity index (χ1n) is 7.13. The van der Waals surface area contributed by atoms with Gasteiger partial charge in [0, 0.05) is 24.5 Å². The van der Waals surface area contributed by atoms with Gasteiger partial charge in [-0.15, -0.1) is 0 Å². The van der Waals surface area contributed by atoms with Crippen LogP contribution < -0.4 is 10.3 Å². The quantitative estimate of drug-likeness (QED) is 0.504. The molecule has 0 aliphatic heterocycles. The lowest BCUT2D eigenvalue weighted by Crippen LogP contribution is -2.26. The number of aromatic nitrogens is 3. The van der Waals surface area contributed by atoms with Gasteiger partial charge in [-0.2, -0.15) is 13.2 Å². The minimum absolute atomic E-state index is 0.0412. The van der Waals surface area contributed by atoms with Crippen molar-refractivity contribution in [1.82, 2.24) is 14.0 Å². The summed E-state index contributed by atoms with van der Waals surface area (Å²) in [6.45, 7) is 3.53. The van der Waals surface area contributed by atoms with E-state index in [4.69, 9.17) is 16.3 Å². The second-order valence-electron chi connectivity index (χ2n) is 5.13. The fraction of sp³-hybridized carbons (Fsp3) is 0.125. The van der Waals surface area contributed by atoms with Gasteiger partial charge < -0.3 is 4.74 Å². The number of hydrogen-bond donors (Lipinski definition) is 0. The molecule has 0 amide bonds. The van der Waals surface area contributed by atoms with Gasteiger partial charge in [0.2, 0.25) is 5.78 Å². The first-order chi connectivity index (χ1) is 12.2. The molecule has 0 spiro atoms. The average Bonchev–Trinajstić information content (AvgIpc) is 3.02. The minimum atomic E-state index is -4.78. The van der Waals surface area contributed by atoms with Crippen LogP contribution in [0.4, 0.5) is 17.6 Å². The molecule has 0 radical (unpaired) electrons. The standard InChI is InChI=1S/C16H10ClF4N3O2/c1-2-5-26-12-7-11(10(18)6-9(12)17)24-14(25)8-13(16(19,20)21)23-4-3-22-15(23)24/h2-4,6-8H,1,5H2. The molecular formula is C16H10ClF4N3O2. The molecule has 0 saturated heterocycles. The zero-order chi connectivity index (χ0) is 19.1. The molecule has 0 saturated carbocycles. The van der Waals surface area contributed by atoms with E-state index in [1.807, 2.05) is 0 Å². The molecule has 0 fully saturated rings. The molecule has 5 nitrogen and oxygen atoms in total. The number of benzene rings is 1. The highest BCUT2D eigenvalue weighted by Gasteiger charge is 2.35. The maximum atomic E-state index is 14.4. The topological polar surface area (TPSA) is 48.5 Å². The third-order valence-electron chi connectivity index (χ3n) is 3.45. The number of halogens is 5. The highest BCUT2D eigenvalue weighted by atomic mass is 35.5. The highest BCUT2D eigenvalue weighted by Crippen LogP contribution is 2.32. The Balaban J connectivity index is 2.30. The molecule has 0 aliphatic carbocycles. The van der Waals surface area contributed by atoms with E-state index in [0.29, 0.717) is 15.0 Å². The molecule has 0 bridgehead atoms. The Morgan fingerprint density at radius 2 is 2.04 bits per heavy atom. The summed E-state index contributed by atoms with van der Waals surface area (Å²) in [5.74, 6) is -1.28. The van der Waals surface area contributed by atoms with E-state index in [1.54, 1.807) is 0 Å². The van der Waals surface area contributed by atoms with Crippen molar-refractivity contribution in [3.8, 4) is 11.4 Å². The Kier molecular flexibility index (Phi) is 4.49. The van der Waals surface area contributed by atoms with Crippen molar-refractivity contribution in [3.63, 3.8) is 0 Å². The van der Waals surface area contributed by atoms with Crippen molar-refractivity contribution in [2.24, 2.45) is 0 Å². The monoisotopic (exact) mass is 387 g/mol. The number of hydrogen-bond acceptors (Lipinski definition) is 3. The van der Waals surface area contributed by atoms with Gasteiger partial charge in [0.25, 0.3) is 5.56 Å². The fourth-order valence-corrected chi connectivity index (χ4v) is 2.60. The fourth-order valence-electron chi connectivity index (χ4n) is 2.39. The molecular weight excluding hydrogens is 378 g/mol. The lowest BCUT2D eigenvalue weighted by Gasteiger charge is -2.15. The van der Waals surface area contributed by atoms with Crippen LogP contribution in [0.3, 0.4) is 0 Å². The second-order valence-corrected chi connectivity index (χ2v) is 5.54. The van der Waals surface area contributed by atoms with Crippen LogP contribution in [0, 0.1) is 5.82 Å². The van der Waals surface area contributed by atoms with Gasteiger partial charge in [0.05, 0.1) is 10.7 Å². The van der Waals surface area contributed by atoms with Crippen LogP contribution in [0.15, 0.2) is 48.0 Å². The van der Waals surface area contributed by atoms with Crippen molar-refractivity contribution in [3.05, 3.63) is 70.1 Å². The molecule has 0 atom stereocenters. The smallest absolute Gasteiger partial charge is 0.432 e. The molecule has 0 N–H and O–H groups in total. The molecule has 2 aromatic heterocycles. The van der Waals surface area contributed by atoms with E-state index >= 15 is 0 Å². The predicted molar refractivity (Wildman–Crippen MR) is 86.5 cm³/mol. The first kappa shape index (κ1) is 18.0. The molecule has 2 heterocycles. The summed E-state index contributed by atoms with van der Waals surface area (Å²) in [7, 11) is 0. The van der Waals surface area contributed by atoms with E-state index < -0.39 is 29.0 Å². The highest BCUT2D eigenvalue weighted by molar-refractivity contribution is 6.32. The van der Waals surface area contributed by atoms with Crippen LogP contribution in [-0.4, -0.2) is 20.6 Å². The molecule has 3 rings (SSSR count). The van der Waals surface area contributed by atoms with E-state index in [9.17, 15) is 22.4 Å². The maximum absolute atomic E-state index is 14.4. The van der Waals surface area contributed by atoms with Gasteiger partial charge in [-0.1, -0.05) is 24.3 Å². The van der Waals surface area contributed by atoms with Crippen molar-refractivity contribution >= 4 is 17.4 Å². The van der Waals surface area contributed by atoms with Crippen molar-refractivity contribution in [1.29, 1.82) is 0 Å². The summed E-state index contributed by atoms with van der Waals surface area (Å²) >= 11 is 5.89. The van der Waals surface area contributed by atoms with Crippen molar-refractivity contribution in [2.45, 2.75) is 6.18 Å². The Bertz CT molecular complexity index is 1060. The van der Waals surface area contributed by atoms with Crippen LogP contribution >= 0.6 is 11.6 Å². The average molecular weight is 388 g/mol. The Morgan fingerprint density at radius 1 is 1.31 bits per heavy atom. The van der Waals surface area contributed by atoms with E-state index in [2.05, 4.69) is 11.6 Å². The number of imidazole rings is 1. The normalized spacial score (nSPS) is 11.7. The molecule has 1 aromatic carbocycles. The van der Waals surface area contributed by atoms with Crippen LogP contribution in [0.25, 0.3) is 11.5 Å². The number of ether oxygens (including phenoxy) is 1. The molecule has 0 unspecified atom stereocenters. The zero-order valence-electron chi connectivity index (χ0n) is 12.9. The number of rotatable bonds is 4. The molecule has 0 aliphatic rings. The summed E-state index contributed by atoms with van der Waals surface area (Å²) in [5.41, 5.74) is -2.67. The van der Waals surface area contributed by atoms with E-state index in [1.165, 1.54) is 6.08 Å². The Labute approximate surface area is 148 Å². The van der Waals surface area contributed by atoms with Crippen LogP contribution in [0.2, 0.25) is 5.02 Å². The number of alkyl halides is 3. The third kappa shape index (κ3) is 3.05. The minimum Gasteiger partial charge on any atom is -0.488 e. The lowest BCUT2D eigenvalue weighted by molar-refractivity contribution is -0.142. The van der Waals surface area contributed by atoms with Gasteiger partial charge in [-0.05, 0) is 6.07 Å². The van der Waals surface area contributed by atoms with Gasteiger partial charge in [-0.3, -0.25) is 9.20 Å². The largest absolute Gasteiger partial charge is 0.488 e. The number of fused-ring (bicyclic) bond motifs is 1. The van der Waals surface area contributed by atoms with Gasteiger partial charge in [0.15, 0.2) is 0 Å². The SMILES string of the molecule is C=CCOc1cc(-n2c(=O)cc(C(F)(F)F)n3ccnc23)c(F)cc1Cl. The number of nitrogens with zero attached hydrogens (tertiary/aromatic N) is 3. The molecule has 136 valence electrons. The van der Waals surface area contributed by atoms with Gasteiger partial charge in [-0.25, -0.2) is 13.9 Å². The van der Waals surface area contributed by atoms with Crippen molar-refractivity contribution < 1.29 is 22.3 Å². The third-order valence-corrected chi connectivity index (χ3v) is 3.75. The summed E-state index contributed by atoms with van der Waals surface area (Å²) in [5, 5.41) is -0.0626. The van der Waals surface area contributed by atoms with Crippen LogP contribution in [-0.2, 0) is 6.18 Å². The first-order valence-corrected chi connectivity index (χ1v) is 7.51. The van der Waals surface area contributed by atoms with Crippen molar-refractivity contribution in [2.75, 3.05) is 6.61 Å². The van der Waals surface area contributed by atoms with E-state index in [0.717, 1.165) is 24.5 Å². The maximum Gasteiger partial charge on any atom is 0.432 e. The Hall–Kier alpha value is -2.81. The zero-order valence-corrected chi connectivity index (χ0v) is 13.7. The van der Waals surface area contributed by atoms with Crippen LogP contribution in [0.1, 0.15) is 5.69 Å². The molecule has 10 heteroatoms. The lowest BCUT2D eigenvalue weighted by atomic mass is 10.2. The summed E-state index contributed by atoms with van der Waals surface area (Å²) in [6.07, 6.45) is -1.26. The summed E-state index contributed by atoms with van der Waals surface area (Å²) < 4.78 is 60.4. The second kappa shape index (κ2) is 6.49. The molecule has 26 heavy (non-hydrogen) atoms. The van der Waals surface area contributed by atoms with Crippen LogP contribution in [0.5, 0.6) is 5.75 Å². The summed E-state index contributed by atoms with van der Waals surface area (Å²) in [6, 6.07) is 2.39. The van der Waals surface area contributed by atoms with Gasteiger partial charge >= 0.3 is 6.18 Å². The van der Waals surface area contributed by atoms with E-state index in [-0.39, 0.29) is 23.1 Å². The van der Waals surface area contributed by atoms with Gasteiger partial charge in [0.1, 0.15) is 23.9 Å². The Morgan fingerprint density at radius 3 is 2.69 bits per heavy atom. The molecule has 3 aromatic rings.